The Morgan fingerprint density at radius 3 is 2.33 bits per heavy atom. The normalized spacial score (nSPS) is 10.0. The van der Waals surface area contributed by atoms with Gasteiger partial charge >= 0.3 is 5.97 Å². The van der Waals surface area contributed by atoms with Gasteiger partial charge in [0.15, 0.2) is 11.5 Å². The van der Waals surface area contributed by atoms with E-state index in [0.29, 0.717) is 17.2 Å². The predicted molar refractivity (Wildman–Crippen MR) is 81.0 cm³/mol. The van der Waals surface area contributed by atoms with Crippen molar-refractivity contribution in [2.45, 2.75) is 0 Å². The molecule has 0 aromatic heterocycles. The quantitative estimate of drug-likeness (QED) is 0.915. The van der Waals surface area contributed by atoms with Gasteiger partial charge < -0.3 is 19.5 Å². The average molecular weight is 287 g/mol. The van der Waals surface area contributed by atoms with Gasteiger partial charge in [0.1, 0.15) is 0 Å². The molecule has 0 aliphatic carbocycles. The molecule has 0 aliphatic rings. The van der Waals surface area contributed by atoms with E-state index >= 15 is 0 Å². The van der Waals surface area contributed by atoms with Gasteiger partial charge in [-0.2, -0.15) is 0 Å². The fraction of sp³-hybridized carbons (Fsp3) is 0.188. The molecule has 2 aromatic carbocycles. The molecule has 0 radical (unpaired) electrons. The molecule has 21 heavy (non-hydrogen) atoms. The Bertz CT molecular complexity index is 654. The minimum atomic E-state index is -0.960. The number of hydrogen-bond acceptors (Lipinski definition) is 4. The second kappa shape index (κ2) is 6.17. The van der Waals surface area contributed by atoms with E-state index in [0.717, 1.165) is 5.69 Å². The zero-order valence-electron chi connectivity index (χ0n) is 12.2. The van der Waals surface area contributed by atoms with Crippen molar-refractivity contribution in [1.29, 1.82) is 0 Å². The van der Waals surface area contributed by atoms with Crippen LogP contribution in [-0.2, 0) is 0 Å². The van der Waals surface area contributed by atoms with E-state index in [2.05, 4.69) is 0 Å². The molecule has 2 rings (SSSR count). The molecular weight excluding hydrogens is 270 g/mol. The van der Waals surface area contributed by atoms with Crippen molar-refractivity contribution in [2.75, 3.05) is 26.2 Å². The number of carbonyl (C=O) groups is 1. The lowest BCUT2D eigenvalue weighted by atomic mass is 10.1. The van der Waals surface area contributed by atoms with E-state index < -0.39 is 5.97 Å². The molecule has 0 saturated carbocycles. The summed E-state index contributed by atoms with van der Waals surface area (Å²) in [5, 5.41) is 9.27. The number of anilines is 2. The Morgan fingerprint density at radius 2 is 1.71 bits per heavy atom. The first-order valence-electron chi connectivity index (χ1n) is 6.36. The van der Waals surface area contributed by atoms with Crippen LogP contribution in [-0.4, -0.2) is 32.3 Å². The molecular formula is C16H17NO4. The number of benzene rings is 2. The third-order valence-corrected chi connectivity index (χ3v) is 3.25. The SMILES string of the molecule is COc1ccc(N(C)c2ccccc2C(=O)O)cc1OC. The van der Waals surface area contributed by atoms with Crippen LogP contribution in [0.2, 0.25) is 0 Å². The summed E-state index contributed by atoms with van der Waals surface area (Å²) in [6, 6.07) is 12.3. The molecule has 0 spiro atoms. The van der Waals surface area contributed by atoms with Crippen molar-refractivity contribution in [3.63, 3.8) is 0 Å². The van der Waals surface area contributed by atoms with Crippen LogP contribution in [0.1, 0.15) is 10.4 Å². The smallest absolute Gasteiger partial charge is 0.337 e. The van der Waals surface area contributed by atoms with Gasteiger partial charge in [0.25, 0.3) is 0 Å². The molecule has 0 atom stereocenters. The number of methoxy groups -OCH3 is 2. The van der Waals surface area contributed by atoms with Crippen LogP contribution >= 0.6 is 0 Å². The number of nitrogens with zero attached hydrogens (tertiary/aromatic N) is 1. The molecule has 0 fully saturated rings. The number of rotatable bonds is 5. The molecule has 0 bridgehead atoms. The van der Waals surface area contributed by atoms with Crippen molar-refractivity contribution < 1.29 is 19.4 Å². The van der Waals surface area contributed by atoms with Crippen LogP contribution in [0.15, 0.2) is 42.5 Å². The Kier molecular flexibility index (Phi) is 4.33. The molecule has 5 heteroatoms. The number of hydrogen-bond donors (Lipinski definition) is 1. The number of carboxylic acid groups (broad SMARTS) is 1. The van der Waals surface area contributed by atoms with Crippen molar-refractivity contribution in [3.8, 4) is 11.5 Å². The highest BCUT2D eigenvalue weighted by Crippen LogP contribution is 2.34. The minimum absolute atomic E-state index is 0.245. The highest BCUT2D eigenvalue weighted by atomic mass is 16.5. The number of ether oxygens (including phenoxy) is 2. The van der Waals surface area contributed by atoms with Crippen LogP contribution in [0.25, 0.3) is 0 Å². The van der Waals surface area contributed by atoms with Crippen molar-refractivity contribution >= 4 is 17.3 Å². The van der Waals surface area contributed by atoms with Crippen molar-refractivity contribution in [3.05, 3.63) is 48.0 Å². The monoisotopic (exact) mass is 287 g/mol. The third-order valence-electron chi connectivity index (χ3n) is 3.25. The maximum absolute atomic E-state index is 11.3. The highest BCUT2D eigenvalue weighted by molar-refractivity contribution is 5.95. The van der Waals surface area contributed by atoms with Crippen molar-refractivity contribution in [1.82, 2.24) is 0 Å². The first kappa shape index (κ1) is 14.7. The summed E-state index contributed by atoms with van der Waals surface area (Å²) < 4.78 is 10.5. The molecule has 110 valence electrons. The van der Waals surface area contributed by atoms with Crippen LogP contribution < -0.4 is 14.4 Å². The van der Waals surface area contributed by atoms with Crippen molar-refractivity contribution in [2.24, 2.45) is 0 Å². The van der Waals surface area contributed by atoms with E-state index in [9.17, 15) is 9.90 Å². The second-order valence-corrected chi connectivity index (χ2v) is 4.42. The number of aromatic carboxylic acids is 1. The average Bonchev–Trinajstić information content (AvgIpc) is 2.53. The van der Waals surface area contributed by atoms with E-state index in [1.165, 1.54) is 0 Å². The van der Waals surface area contributed by atoms with E-state index in [1.807, 2.05) is 13.1 Å². The fourth-order valence-electron chi connectivity index (χ4n) is 2.12. The van der Waals surface area contributed by atoms with Gasteiger partial charge in [-0.15, -0.1) is 0 Å². The van der Waals surface area contributed by atoms with Gasteiger partial charge in [-0.1, -0.05) is 12.1 Å². The minimum Gasteiger partial charge on any atom is -0.493 e. The first-order valence-corrected chi connectivity index (χ1v) is 6.36. The van der Waals surface area contributed by atoms with Gasteiger partial charge in [0.05, 0.1) is 25.5 Å². The molecule has 2 aromatic rings. The fourth-order valence-corrected chi connectivity index (χ4v) is 2.12. The molecule has 0 heterocycles. The van der Waals surface area contributed by atoms with Crippen LogP contribution in [0, 0.1) is 0 Å². The van der Waals surface area contributed by atoms with E-state index in [-0.39, 0.29) is 5.56 Å². The zero-order chi connectivity index (χ0) is 15.4. The van der Waals surface area contributed by atoms with Crippen LogP contribution in [0.5, 0.6) is 11.5 Å². The Morgan fingerprint density at radius 1 is 1.05 bits per heavy atom. The lowest BCUT2D eigenvalue weighted by Crippen LogP contribution is -2.14. The summed E-state index contributed by atoms with van der Waals surface area (Å²) in [6.07, 6.45) is 0. The summed E-state index contributed by atoms with van der Waals surface area (Å²) in [7, 11) is 4.94. The van der Waals surface area contributed by atoms with Gasteiger partial charge in [-0.3, -0.25) is 0 Å². The Hall–Kier alpha value is -2.69. The first-order chi connectivity index (χ1) is 10.1. The summed E-state index contributed by atoms with van der Waals surface area (Å²) in [4.78, 5) is 13.1. The molecule has 0 unspecified atom stereocenters. The van der Waals surface area contributed by atoms with Gasteiger partial charge in [0, 0.05) is 18.8 Å². The standard InChI is InChI=1S/C16H17NO4/c1-17(13-7-5-4-6-12(13)16(18)19)11-8-9-14(20-2)15(10-11)21-3/h4-10H,1-3H3,(H,18,19). The number of carboxylic acids is 1. The molecule has 1 N–H and O–H groups in total. The van der Waals surface area contributed by atoms with E-state index in [4.69, 9.17) is 9.47 Å². The lowest BCUT2D eigenvalue weighted by molar-refractivity contribution is 0.0697. The number of para-hydroxylation sites is 1. The van der Waals surface area contributed by atoms with Crippen LogP contribution in [0.4, 0.5) is 11.4 Å². The maximum atomic E-state index is 11.3. The zero-order valence-corrected chi connectivity index (χ0v) is 12.2. The Labute approximate surface area is 123 Å². The third kappa shape index (κ3) is 2.91. The van der Waals surface area contributed by atoms with Crippen LogP contribution in [0.3, 0.4) is 0 Å². The van der Waals surface area contributed by atoms with Gasteiger partial charge in [0.2, 0.25) is 0 Å². The molecule has 0 amide bonds. The summed E-state index contributed by atoms with van der Waals surface area (Å²) in [5.41, 5.74) is 1.66. The predicted octanol–water partition coefficient (Wildman–Crippen LogP) is 3.17. The second-order valence-electron chi connectivity index (χ2n) is 4.42. The molecule has 0 aliphatic heterocycles. The maximum Gasteiger partial charge on any atom is 0.337 e. The molecule has 5 nitrogen and oxygen atoms in total. The lowest BCUT2D eigenvalue weighted by Gasteiger charge is -2.22. The Balaban J connectivity index is 2.45. The molecule has 0 saturated heterocycles. The topological polar surface area (TPSA) is 59.0 Å². The summed E-state index contributed by atoms with van der Waals surface area (Å²) in [6.45, 7) is 0. The van der Waals surface area contributed by atoms with E-state index in [1.54, 1.807) is 55.5 Å². The summed E-state index contributed by atoms with van der Waals surface area (Å²) in [5.74, 6) is 0.258. The highest BCUT2D eigenvalue weighted by Gasteiger charge is 2.15. The van der Waals surface area contributed by atoms with Gasteiger partial charge in [-0.05, 0) is 24.3 Å². The van der Waals surface area contributed by atoms with Gasteiger partial charge in [-0.25, -0.2) is 4.79 Å². The summed E-state index contributed by atoms with van der Waals surface area (Å²) >= 11 is 0. The largest absolute Gasteiger partial charge is 0.493 e.